The van der Waals surface area contributed by atoms with Crippen molar-refractivity contribution in [2.45, 2.75) is 26.4 Å². The Balaban J connectivity index is 2.67. The number of carbonyl (C=O) groups is 1. The first kappa shape index (κ1) is 16.1. The van der Waals surface area contributed by atoms with E-state index in [9.17, 15) is 4.79 Å². The van der Waals surface area contributed by atoms with Crippen molar-refractivity contribution in [2.24, 2.45) is 5.73 Å². The fourth-order valence-corrected chi connectivity index (χ4v) is 1.84. The number of hydrogen-bond donors (Lipinski definition) is 2. The van der Waals surface area contributed by atoms with Crippen LogP contribution in [0.1, 0.15) is 26.3 Å². The number of hydrogen-bond acceptors (Lipinski definition) is 3. The number of anilines is 1. The lowest BCUT2D eigenvalue weighted by Crippen LogP contribution is -2.27. The quantitative estimate of drug-likeness (QED) is 0.824. The summed E-state index contributed by atoms with van der Waals surface area (Å²) in [7, 11) is 0. The fourth-order valence-electron chi connectivity index (χ4n) is 1.24. The molecule has 0 heterocycles. The van der Waals surface area contributed by atoms with Crippen molar-refractivity contribution < 1.29 is 9.53 Å². The summed E-state index contributed by atoms with van der Waals surface area (Å²) in [6, 6.07) is 5.27. The number of thiocarbonyl (C=S) groups is 1. The molecule has 0 fully saturated rings. The highest BCUT2D eigenvalue weighted by Crippen LogP contribution is 2.23. The zero-order chi connectivity index (χ0) is 14.6. The molecule has 104 valence electrons. The molecular formula is C13H17BrN2O2S. The van der Waals surface area contributed by atoms with E-state index in [-0.39, 0.29) is 18.1 Å². The van der Waals surface area contributed by atoms with Crippen molar-refractivity contribution >= 4 is 44.7 Å². The van der Waals surface area contributed by atoms with Crippen molar-refractivity contribution in [3.05, 3.63) is 28.2 Å². The van der Waals surface area contributed by atoms with Crippen LogP contribution in [0, 0.1) is 0 Å². The van der Waals surface area contributed by atoms with Crippen LogP contribution in [0.3, 0.4) is 0 Å². The van der Waals surface area contributed by atoms with Crippen molar-refractivity contribution in [1.29, 1.82) is 0 Å². The molecular weight excluding hydrogens is 328 g/mol. The number of ether oxygens (including phenoxy) is 1. The summed E-state index contributed by atoms with van der Waals surface area (Å²) in [5.41, 5.74) is 6.59. The van der Waals surface area contributed by atoms with Crippen LogP contribution in [-0.2, 0) is 9.53 Å². The lowest BCUT2D eigenvalue weighted by atomic mass is 10.2. The average molecular weight is 345 g/mol. The van der Waals surface area contributed by atoms with Gasteiger partial charge in [0.25, 0.3) is 0 Å². The molecule has 19 heavy (non-hydrogen) atoms. The molecule has 1 aromatic rings. The Morgan fingerprint density at radius 2 is 2.11 bits per heavy atom. The Labute approximate surface area is 126 Å². The van der Waals surface area contributed by atoms with Gasteiger partial charge in [0.05, 0.1) is 11.3 Å². The molecule has 1 rings (SSSR count). The molecule has 0 aliphatic carbocycles. The summed E-state index contributed by atoms with van der Waals surface area (Å²) < 4.78 is 6.12. The molecule has 3 N–H and O–H groups in total. The molecule has 0 spiro atoms. The maximum absolute atomic E-state index is 11.7. The van der Waals surface area contributed by atoms with Gasteiger partial charge in [0, 0.05) is 10.0 Å². The summed E-state index contributed by atoms with van der Waals surface area (Å²) in [6.07, 6.45) is 0. The van der Waals surface area contributed by atoms with Gasteiger partial charge in [-0.15, -0.1) is 0 Å². The van der Waals surface area contributed by atoms with Gasteiger partial charge in [-0.3, -0.25) is 4.79 Å². The zero-order valence-electron chi connectivity index (χ0n) is 11.1. The summed E-state index contributed by atoms with van der Waals surface area (Å²) in [5.74, 6) is -0.210. The number of rotatable bonds is 4. The van der Waals surface area contributed by atoms with E-state index in [1.54, 1.807) is 18.2 Å². The maximum Gasteiger partial charge on any atom is 0.250 e. The van der Waals surface area contributed by atoms with Crippen molar-refractivity contribution in [2.75, 3.05) is 11.9 Å². The Kier molecular flexibility index (Phi) is 5.46. The summed E-state index contributed by atoms with van der Waals surface area (Å²) in [6.45, 7) is 5.69. The molecule has 0 aliphatic heterocycles. The lowest BCUT2D eigenvalue weighted by molar-refractivity contribution is -0.125. The first-order valence-corrected chi connectivity index (χ1v) is 6.92. The van der Waals surface area contributed by atoms with E-state index in [4.69, 9.17) is 22.7 Å². The number of nitrogens with one attached hydrogen (secondary N) is 1. The molecule has 0 radical (unpaired) electrons. The Morgan fingerprint density at radius 3 is 2.58 bits per heavy atom. The molecule has 6 heteroatoms. The van der Waals surface area contributed by atoms with Crippen LogP contribution in [0.5, 0.6) is 0 Å². The van der Waals surface area contributed by atoms with Gasteiger partial charge in [-0.05, 0) is 54.9 Å². The summed E-state index contributed by atoms with van der Waals surface area (Å²) in [4.78, 5) is 12.0. The molecule has 0 unspecified atom stereocenters. The van der Waals surface area contributed by atoms with Gasteiger partial charge >= 0.3 is 0 Å². The SMILES string of the molecule is CC(C)(C)OCC(=O)Nc1ccc(C(N)=S)cc1Br. The maximum atomic E-state index is 11.7. The van der Waals surface area contributed by atoms with Crippen LogP contribution >= 0.6 is 28.1 Å². The number of carbonyl (C=O) groups excluding carboxylic acids is 1. The first-order valence-electron chi connectivity index (χ1n) is 5.72. The standard InChI is InChI=1S/C13H17BrN2O2S/c1-13(2,3)18-7-11(17)16-10-5-4-8(12(15)19)6-9(10)14/h4-6H,7H2,1-3H3,(H2,15,19)(H,16,17). The second-order valence-electron chi connectivity index (χ2n) is 5.01. The van der Waals surface area contributed by atoms with Crippen LogP contribution < -0.4 is 11.1 Å². The minimum atomic E-state index is -0.343. The summed E-state index contributed by atoms with van der Waals surface area (Å²) in [5, 5.41) is 2.75. The van der Waals surface area contributed by atoms with Crippen molar-refractivity contribution in [3.63, 3.8) is 0 Å². The summed E-state index contributed by atoms with van der Waals surface area (Å²) >= 11 is 8.25. The monoisotopic (exact) mass is 344 g/mol. The first-order chi connectivity index (χ1) is 8.69. The molecule has 1 aromatic carbocycles. The largest absolute Gasteiger partial charge is 0.389 e. The second kappa shape index (κ2) is 6.45. The number of nitrogens with two attached hydrogens (primary N) is 1. The van der Waals surface area contributed by atoms with Gasteiger partial charge in [0.2, 0.25) is 5.91 Å². The van der Waals surface area contributed by atoms with Crippen LogP contribution in [0.2, 0.25) is 0 Å². The third kappa shape index (κ3) is 5.67. The predicted molar refractivity (Wildman–Crippen MR) is 84.4 cm³/mol. The van der Waals surface area contributed by atoms with Gasteiger partial charge < -0.3 is 15.8 Å². The average Bonchev–Trinajstić information content (AvgIpc) is 2.28. The highest BCUT2D eigenvalue weighted by Gasteiger charge is 2.13. The lowest BCUT2D eigenvalue weighted by Gasteiger charge is -2.19. The Bertz CT molecular complexity index is 498. The predicted octanol–water partition coefficient (Wildman–Crippen LogP) is 2.84. The second-order valence-corrected chi connectivity index (χ2v) is 6.30. The third-order valence-electron chi connectivity index (χ3n) is 2.16. The highest BCUT2D eigenvalue weighted by molar-refractivity contribution is 9.10. The van der Waals surface area contributed by atoms with Crippen LogP contribution in [-0.4, -0.2) is 23.1 Å². The fraction of sp³-hybridized carbons (Fsp3) is 0.385. The van der Waals surface area contributed by atoms with Gasteiger partial charge in [0.15, 0.2) is 0 Å². The van der Waals surface area contributed by atoms with Gasteiger partial charge in [-0.2, -0.15) is 0 Å². The van der Waals surface area contributed by atoms with E-state index in [1.807, 2.05) is 20.8 Å². The van der Waals surface area contributed by atoms with E-state index in [1.165, 1.54) is 0 Å². The van der Waals surface area contributed by atoms with E-state index in [0.717, 1.165) is 10.0 Å². The number of benzene rings is 1. The molecule has 4 nitrogen and oxygen atoms in total. The topological polar surface area (TPSA) is 64.3 Å². The number of amides is 1. The van der Waals surface area contributed by atoms with Crippen LogP contribution in [0.4, 0.5) is 5.69 Å². The number of halogens is 1. The molecule has 0 aromatic heterocycles. The molecule has 0 saturated heterocycles. The van der Waals surface area contributed by atoms with Crippen molar-refractivity contribution in [3.8, 4) is 0 Å². The minimum Gasteiger partial charge on any atom is -0.389 e. The molecule has 1 amide bonds. The minimum absolute atomic E-state index is 0.00694. The van der Waals surface area contributed by atoms with Crippen LogP contribution in [0.25, 0.3) is 0 Å². The van der Waals surface area contributed by atoms with E-state index >= 15 is 0 Å². The van der Waals surface area contributed by atoms with Crippen molar-refractivity contribution in [1.82, 2.24) is 0 Å². The molecule has 0 aliphatic rings. The van der Waals surface area contributed by atoms with E-state index in [0.29, 0.717) is 10.7 Å². The highest BCUT2D eigenvalue weighted by atomic mass is 79.9. The van der Waals surface area contributed by atoms with E-state index in [2.05, 4.69) is 21.2 Å². The Morgan fingerprint density at radius 1 is 1.47 bits per heavy atom. The normalized spacial score (nSPS) is 11.2. The molecule has 0 atom stereocenters. The zero-order valence-corrected chi connectivity index (χ0v) is 13.5. The third-order valence-corrected chi connectivity index (χ3v) is 3.06. The molecule has 0 saturated carbocycles. The molecule has 0 bridgehead atoms. The van der Waals surface area contributed by atoms with Gasteiger partial charge in [-0.25, -0.2) is 0 Å². The van der Waals surface area contributed by atoms with Gasteiger partial charge in [-0.1, -0.05) is 12.2 Å². The van der Waals surface area contributed by atoms with Crippen LogP contribution in [0.15, 0.2) is 22.7 Å². The Hall–Kier alpha value is -0.980. The van der Waals surface area contributed by atoms with Gasteiger partial charge in [0.1, 0.15) is 11.6 Å². The smallest absolute Gasteiger partial charge is 0.250 e. The van der Waals surface area contributed by atoms with E-state index < -0.39 is 0 Å².